The number of aryl methyl sites for hydroxylation is 1. The van der Waals surface area contributed by atoms with E-state index < -0.39 is 0 Å². The van der Waals surface area contributed by atoms with Crippen LogP contribution in [-0.2, 0) is 11.3 Å². The fourth-order valence-electron chi connectivity index (χ4n) is 2.68. The van der Waals surface area contributed by atoms with Crippen LogP contribution in [0.25, 0.3) is 11.4 Å². The molecule has 27 heavy (non-hydrogen) atoms. The van der Waals surface area contributed by atoms with Crippen molar-refractivity contribution in [3.63, 3.8) is 0 Å². The molecule has 0 atom stereocenters. The monoisotopic (exact) mass is 398 g/mol. The van der Waals surface area contributed by atoms with Gasteiger partial charge in [-0.1, -0.05) is 42.0 Å². The van der Waals surface area contributed by atoms with Crippen LogP contribution in [0.1, 0.15) is 12.0 Å². The van der Waals surface area contributed by atoms with E-state index in [2.05, 4.69) is 27.6 Å². The first-order valence-corrected chi connectivity index (χ1v) is 10.2. The zero-order chi connectivity index (χ0) is 19.1. The zero-order valence-corrected chi connectivity index (χ0v) is 16.8. The van der Waals surface area contributed by atoms with Crippen molar-refractivity contribution in [2.75, 3.05) is 12.3 Å². The van der Waals surface area contributed by atoms with Gasteiger partial charge in [-0.3, -0.25) is 14.5 Å². The van der Waals surface area contributed by atoms with E-state index in [4.69, 9.17) is 12.2 Å². The number of carbonyl (C=O) groups is 1. The van der Waals surface area contributed by atoms with Gasteiger partial charge in [-0.05, 0) is 49.5 Å². The van der Waals surface area contributed by atoms with Crippen LogP contribution in [-0.4, -0.2) is 33.0 Å². The number of aromatic nitrogens is 3. The normalized spacial score (nSPS) is 10.7. The second-order valence-corrected chi connectivity index (χ2v) is 7.73. The highest BCUT2D eigenvalue weighted by atomic mass is 32.2. The lowest BCUT2D eigenvalue weighted by molar-refractivity contribution is -0.121. The van der Waals surface area contributed by atoms with E-state index in [1.807, 2.05) is 49.4 Å². The van der Waals surface area contributed by atoms with E-state index >= 15 is 0 Å². The fourth-order valence-corrected chi connectivity index (χ4v) is 3.75. The number of rotatable bonds is 8. The largest absolute Gasteiger partial charge is 0.355 e. The Balaban J connectivity index is 1.51. The number of thioether (sulfide) groups is 1. The van der Waals surface area contributed by atoms with Gasteiger partial charge in [0, 0.05) is 17.0 Å². The Bertz CT molecular complexity index is 950. The molecule has 0 saturated heterocycles. The summed E-state index contributed by atoms with van der Waals surface area (Å²) in [6.07, 6.45) is 0.910. The van der Waals surface area contributed by atoms with Crippen LogP contribution in [0.4, 0.5) is 0 Å². The molecule has 3 rings (SSSR count). The minimum absolute atomic E-state index is 0.0638. The molecule has 140 valence electrons. The second kappa shape index (κ2) is 9.53. The minimum Gasteiger partial charge on any atom is -0.355 e. The van der Waals surface area contributed by atoms with Crippen molar-refractivity contribution in [3.05, 3.63) is 64.9 Å². The van der Waals surface area contributed by atoms with Crippen molar-refractivity contribution in [2.45, 2.75) is 24.8 Å². The molecule has 3 aromatic rings. The SMILES string of the molecule is Cc1cccc(-c2n[nH]c(=S)n2CC(=O)NCCCSc2ccccc2)c1. The van der Waals surface area contributed by atoms with Crippen molar-refractivity contribution in [1.82, 2.24) is 20.1 Å². The summed E-state index contributed by atoms with van der Waals surface area (Å²) in [7, 11) is 0. The summed E-state index contributed by atoms with van der Waals surface area (Å²) in [5.74, 6) is 1.58. The lowest BCUT2D eigenvalue weighted by Crippen LogP contribution is -2.29. The van der Waals surface area contributed by atoms with Crippen molar-refractivity contribution in [1.29, 1.82) is 0 Å². The summed E-state index contributed by atoms with van der Waals surface area (Å²) >= 11 is 7.09. The van der Waals surface area contributed by atoms with Gasteiger partial charge < -0.3 is 5.32 Å². The predicted octanol–water partition coefficient (Wildman–Crippen LogP) is 4.21. The van der Waals surface area contributed by atoms with Crippen LogP contribution in [0.2, 0.25) is 0 Å². The number of benzene rings is 2. The third-order valence-electron chi connectivity index (χ3n) is 3.99. The number of nitrogens with zero attached hydrogens (tertiary/aromatic N) is 2. The molecule has 1 heterocycles. The molecule has 2 N–H and O–H groups in total. The van der Waals surface area contributed by atoms with E-state index in [0.29, 0.717) is 17.1 Å². The van der Waals surface area contributed by atoms with Gasteiger partial charge in [-0.25, -0.2) is 0 Å². The Labute approximate surface area is 168 Å². The number of amides is 1. The molecule has 0 unspecified atom stereocenters. The molecule has 1 amide bonds. The molecule has 0 saturated carbocycles. The number of carbonyl (C=O) groups excluding carboxylic acids is 1. The van der Waals surface area contributed by atoms with Gasteiger partial charge in [0.05, 0.1) is 0 Å². The van der Waals surface area contributed by atoms with E-state index in [-0.39, 0.29) is 12.5 Å². The molecule has 7 heteroatoms. The summed E-state index contributed by atoms with van der Waals surface area (Å²) in [5.41, 5.74) is 2.07. The average molecular weight is 399 g/mol. The van der Waals surface area contributed by atoms with Gasteiger partial charge in [0.15, 0.2) is 10.6 Å². The van der Waals surface area contributed by atoms with Crippen molar-refractivity contribution < 1.29 is 4.79 Å². The Morgan fingerprint density at radius 2 is 2.04 bits per heavy atom. The van der Waals surface area contributed by atoms with Gasteiger partial charge in [0.1, 0.15) is 6.54 Å². The number of hydrogen-bond acceptors (Lipinski definition) is 4. The highest BCUT2D eigenvalue weighted by Gasteiger charge is 2.12. The number of hydrogen-bond donors (Lipinski definition) is 2. The summed E-state index contributed by atoms with van der Waals surface area (Å²) in [6.45, 7) is 2.82. The van der Waals surface area contributed by atoms with Crippen molar-refractivity contribution >= 4 is 29.9 Å². The van der Waals surface area contributed by atoms with Gasteiger partial charge >= 0.3 is 0 Å². The predicted molar refractivity (Wildman–Crippen MR) is 112 cm³/mol. The number of nitrogens with one attached hydrogen (secondary N) is 2. The Hall–Kier alpha value is -2.38. The average Bonchev–Trinajstić information content (AvgIpc) is 3.03. The van der Waals surface area contributed by atoms with Crippen LogP contribution in [0.3, 0.4) is 0 Å². The Kier molecular flexibility index (Phi) is 6.84. The second-order valence-electron chi connectivity index (χ2n) is 6.17. The van der Waals surface area contributed by atoms with E-state index in [1.54, 1.807) is 16.3 Å². The smallest absolute Gasteiger partial charge is 0.240 e. The minimum atomic E-state index is -0.0638. The molecular weight excluding hydrogens is 376 g/mol. The molecule has 0 aliphatic rings. The van der Waals surface area contributed by atoms with E-state index in [9.17, 15) is 4.79 Å². The van der Waals surface area contributed by atoms with Gasteiger partial charge in [-0.15, -0.1) is 11.8 Å². The molecule has 1 aromatic heterocycles. The highest BCUT2D eigenvalue weighted by molar-refractivity contribution is 7.99. The summed E-state index contributed by atoms with van der Waals surface area (Å²) in [5, 5.41) is 10.0. The number of aromatic amines is 1. The van der Waals surface area contributed by atoms with Crippen molar-refractivity contribution in [2.24, 2.45) is 0 Å². The zero-order valence-electron chi connectivity index (χ0n) is 15.1. The van der Waals surface area contributed by atoms with Crippen LogP contribution in [0, 0.1) is 11.7 Å². The van der Waals surface area contributed by atoms with Crippen LogP contribution in [0.15, 0.2) is 59.5 Å². The van der Waals surface area contributed by atoms with Crippen LogP contribution < -0.4 is 5.32 Å². The van der Waals surface area contributed by atoms with Gasteiger partial charge in [0.2, 0.25) is 5.91 Å². The maximum atomic E-state index is 12.3. The Morgan fingerprint density at radius 1 is 1.22 bits per heavy atom. The summed E-state index contributed by atoms with van der Waals surface area (Å²) < 4.78 is 2.18. The van der Waals surface area contributed by atoms with Crippen LogP contribution >= 0.6 is 24.0 Å². The molecule has 0 aliphatic heterocycles. The topological polar surface area (TPSA) is 62.7 Å². The molecule has 0 aliphatic carbocycles. The lowest BCUT2D eigenvalue weighted by Gasteiger charge is -2.09. The molecule has 0 bridgehead atoms. The molecule has 0 fully saturated rings. The maximum absolute atomic E-state index is 12.3. The van der Waals surface area contributed by atoms with E-state index in [0.717, 1.165) is 23.3 Å². The molecule has 0 spiro atoms. The fraction of sp³-hybridized carbons (Fsp3) is 0.250. The van der Waals surface area contributed by atoms with Crippen LogP contribution in [0.5, 0.6) is 0 Å². The van der Waals surface area contributed by atoms with Crippen molar-refractivity contribution in [3.8, 4) is 11.4 Å². The quantitative estimate of drug-likeness (QED) is 0.339. The molecular formula is C20H22N4OS2. The first kappa shape index (κ1) is 19.4. The summed E-state index contributed by atoms with van der Waals surface area (Å²) in [6, 6.07) is 18.2. The number of H-pyrrole nitrogens is 1. The third-order valence-corrected chi connectivity index (χ3v) is 5.40. The first-order valence-electron chi connectivity index (χ1n) is 8.80. The molecule has 2 aromatic carbocycles. The third kappa shape index (κ3) is 5.55. The van der Waals surface area contributed by atoms with Gasteiger partial charge in [-0.2, -0.15) is 5.10 Å². The summed E-state index contributed by atoms with van der Waals surface area (Å²) in [4.78, 5) is 13.6. The standard InChI is InChI=1S/C20H22N4OS2/c1-15-7-5-8-16(13-15)19-22-23-20(26)24(19)14-18(25)21-11-6-12-27-17-9-3-2-4-10-17/h2-5,7-10,13H,6,11-12,14H2,1H3,(H,21,25)(H,23,26). The maximum Gasteiger partial charge on any atom is 0.240 e. The molecule has 0 radical (unpaired) electrons. The first-order chi connectivity index (χ1) is 13.1. The Morgan fingerprint density at radius 3 is 2.81 bits per heavy atom. The van der Waals surface area contributed by atoms with E-state index in [1.165, 1.54) is 4.90 Å². The molecule has 5 nitrogen and oxygen atoms in total. The highest BCUT2D eigenvalue weighted by Crippen LogP contribution is 2.19. The van der Waals surface area contributed by atoms with Gasteiger partial charge in [0.25, 0.3) is 0 Å². The lowest BCUT2D eigenvalue weighted by atomic mass is 10.1.